The average Bonchev–Trinajstić information content (AvgIpc) is 2.78. The zero-order valence-corrected chi connectivity index (χ0v) is 16.7. The summed E-state index contributed by atoms with van der Waals surface area (Å²) in [6.45, 7) is 0.364. The van der Waals surface area contributed by atoms with Crippen molar-refractivity contribution in [2.75, 3.05) is 19.5 Å². The Kier molecular flexibility index (Phi) is 7.05. The minimum atomic E-state index is -0.364. The van der Waals surface area contributed by atoms with Crippen LogP contribution in [0, 0.1) is 5.82 Å². The number of anilines is 1. The molecule has 0 atom stereocenters. The Morgan fingerprint density at radius 2 is 1.60 bits per heavy atom. The van der Waals surface area contributed by atoms with E-state index in [1.807, 2.05) is 30.3 Å². The molecule has 0 aromatic heterocycles. The zero-order valence-electron chi connectivity index (χ0n) is 16.7. The van der Waals surface area contributed by atoms with Crippen molar-refractivity contribution in [3.05, 3.63) is 89.8 Å². The molecule has 3 rings (SSSR count). The van der Waals surface area contributed by atoms with Crippen LogP contribution in [0.15, 0.2) is 72.8 Å². The summed E-state index contributed by atoms with van der Waals surface area (Å²) in [7, 11) is 3.08. The summed E-state index contributed by atoms with van der Waals surface area (Å²) in [6.07, 6.45) is 3.01. The third-order valence-electron chi connectivity index (χ3n) is 4.25. The minimum Gasteiger partial charge on any atom is -0.493 e. The lowest BCUT2D eigenvalue weighted by molar-refractivity contribution is -0.111. The summed E-state index contributed by atoms with van der Waals surface area (Å²) in [5.41, 5.74) is 2.22. The molecule has 0 bridgehead atoms. The monoisotopic (exact) mass is 407 g/mol. The van der Waals surface area contributed by atoms with E-state index in [0.29, 0.717) is 35.1 Å². The van der Waals surface area contributed by atoms with Crippen molar-refractivity contribution in [2.45, 2.75) is 6.61 Å². The van der Waals surface area contributed by atoms with E-state index in [-0.39, 0.29) is 11.7 Å². The van der Waals surface area contributed by atoms with Crippen LogP contribution in [0.1, 0.15) is 11.1 Å². The topological polar surface area (TPSA) is 56.8 Å². The molecule has 0 saturated carbocycles. The Labute approximate surface area is 174 Å². The van der Waals surface area contributed by atoms with E-state index in [2.05, 4.69) is 5.32 Å². The molecule has 0 aliphatic heterocycles. The van der Waals surface area contributed by atoms with E-state index in [1.165, 1.54) is 30.3 Å². The molecule has 0 unspecified atom stereocenters. The Morgan fingerprint density at radius 3 is 2.20 bits per heavy atom. The van der Waals surface area contributed by atoms with Gasteiger partial charge in [0.2, 0.25) is 11.7 Å². The van der Waals surface area contributed by atoms with Gasteiger partial charge in [-0.3, -0.25) is 4.79 Å². The molecule has 1 N–H and O–H groups in total. The number of halogens is 1. The number of hydrogen-bond acceptors (Lipinski definition) is 4. The summed E-state index contributed by atoms with van der Waals surface area (Å²) in [6, 6.07) is 18.8. The molecule has 0 heterocycles. The molecule has 0 saturated heterocycles. The van der Waals surface area contributed by atoms with Gasteiger partial charge in [0.05, 0.1) is 14.2 Å². The first-order valence-corrected chi connectivity index (χ1v) is 9.26. The second-order valence-corrected chi connectivity index (χ2v) is 6.36. The number of amides is 1. The van der Waals surface area contributed by atoms with E-state index < -0.39 is 0 Å². The maximum Gasteiger partial charge on any atom is 0.248 e. The van der Waals surface area contributed by atoms with Crippen LogP contribution in [0.3, 0.4) is 0 Å². The van der Waals surface area contributed by atoms with Crippen molar-refractivity contribution >= 4 is 17.7 Å². The van der Waals surface area contributed by atoms with Crippen LogP contribution >= 0.6 is 0 Å². The summed E-state index contributed by atoms with van der Waals surface area (Å²) in [5.74, 6) is 0.755. The Bertz CT molecular complexity index is 992. The van der Waals surface area contributed by atoms with Crippen LogP contribution in [0.2, 0.25) is 0 Å². The molecule has 3 aromatic carbocycles. The first-order valence-electron chi connectivity index (χ1n) is 9.26. The van der Waals surface area contributed by atoms with Crippen LogP contribution in [0.25, 0.3) is 6.08 Å². The second kappa shape index (κ2) is 10.1. The van der Waals surface area contributed by atoms with Gasteiger partial charge in [-0.15, -0.1) is 0 Å². The maximum absolute atomic E-state index is 13.0. The lowest BCUT2D eigenvalue weighted by atomic mass is 10.1. The van der Waals surface area contributed by atoms with Crippen molar-refractivity contribution in [1.82, 2.24) is 0 Å². The number of ether oxygens (including phenoxy) is 3. The molecule has 6 heteroatoms. The van der Waals surface area contributed by atoms with E-state index in [1.54, 1.807) is 32.4 Å². The molecule has 0 spiro atoms. The summed E-state index contributed by atoms with van der Waals surface area (Å²) < 4.78 is 29.8. The highest BCUT2D eigenvalue weighted by Crippen LogP contribution is 2.39. The molecular formula is C24H22FNO4. The normalized spacial score (nSPS) is 10.6. The average molecular weight is 407 g/mol. The van der Waals surface area contributed by atoms with Crippen molar-refractivity contribution in [3.63, 3.8) is 0 Å². The quantitative estimate of drug-likeness (QED) is 0.530. The summed E-state index contributed by atoms with van der Waals surface area (Å²) in [4.78, 5) is 12.1. The van der Waals surface area contributed by atoms with E-state index in [9.17, 15) is 9.18 Å². The Morgan fingerprint density at radius 1 is 0.967 bits per heavy atom. The highest BCUT2D eigenvalue weighted by Gasteiger charge is 2.14. The third-order valence-corrected chi connectivity index (χ3v) is 4.25. The van der Waals surface area contributed by atoms with Gasteiger partial charge >= 0.3 is 0 Å². The molecule has 0 fully saturated rings. The van der Waals surface area contributed by atoms with Crippen molar-refractivity contribution in [2.24, 2.45) is 0 Å². The predicted molar refractivity (Wildman–Crippen MR) is 114 cm³/mol. The number of carbonyl (C=O) groups excluding carboxylic acids is 1. The molecule has 3 aromatic rings. The Hall–Kier alpha value is -3.80. The highest BCUT2D eigenvalue weighted by molar-refractivity contribution is 6.02. The molecule has 154 valence electrons. The number of hydrogen-bond donors (Lipinski definition) is 1. The van der Waals surface area contributed by atoms with Gasteiger partial charge in [-0.05, 0) is 53.6 Å². The maximum atomic E-state index is 13.0. The van der Waals surface area contributed by atoms with E-state index >= 15 is 0 Å². The van der Waals surface area contributed by atoms with Gasteiger partial charge in [0.15, 0.2) is 11.5 Å². The summed E-state index contributed by atoms with van der Waals surface area (Å²) >= 11 is 0. The van der Waals surface area contributed by atoms with Crippen LogP contribution in [-0.2, 0) is 11.4 Å². The fourth-order valence-corrected chi connectivity index (χ4v) is 2.76. The number of rotatable bonds is 8. The molecule has 0 aliphatic carbocycles. The van der Waals surface area contributed by atoms with Crippen LogP contribution in [0.4, 0.5) is 10.1 Å². The molecule has 5 nitrogen and oxygen atoms in total. The van der Waals surface area contributed by atoms with E-state index in [0.717, 1.165) is 5.56 Å². The van der Waals surface area contributed by atoms with E-state index in [4.69, 9.17) is 14.2 Å². The van der Waals surface area contributed by atoms with Gasteiger partial charge < -0.3 is 19.5 Å². The Balaban J connectivity index is 1.74. The number of methoxy groups -OCH3 is 2. The first kappa shape index (κ1) is 20.9. The molecule has 30 heavy (non-hydrogen) atoms. The van der Waals surface area contributed by atoms with Gasteiger partial charge in [0.1, 0.15) is 12.4 Å². The highest BCUT2D eigenvalue weighted by atomic mass is 19.1. The fourth-order valence-electron chi connectivity index (χ4n) is 2.76. The fraction of sp³-hybridized carbons (Fsp3) is 0.125. The second-order valence-electron chi connectivity index (χ2n) is 6.36. The van der Waals surface area contributed by atoms with Gasteiger partial charge in [0, 0.05) is 11.8 Å². The SMILES string of the molecule is COc1cc(/C=C/C(=O)Nc2ccc(F)cc2)cc(OC)c1OCc1ccccc1. The number of carbonyl (C=O) groups is 1. The zero-order chi connectivity index (χ0) is 21.3. The van der Waals surface area contributed by atoms with Gasteiger partial charge in [-0.2, -0.15) is 0 Å². The van der Waals surface area contributed by atoms with Gasteiger partial charge in [-0.1, -0.05) is 30.3 Å². The van der Waals surface area contributed by atoms with Crippen molar-refractivity contribution in [1.29, 1.82) is 0 Å². The van der Waals surface area contributed by atoms with Crippen LogP contribution < -0.4 is 19.5 Å². The lowest BCUT2D eigenvalue weighted by Crippen LogP contribution is -2.07. The van der Waals surface area contributed by atoms with Crippen molar-refractivity contribution < 1.29 is 23.4 Å². The molecule has 1 amide bonds. The molecular weight excluding hydrogens is 385 g/mol. The standard InChI is InChI=1S/C24H22FNO4/c1-28-21-14-18(8-13-23(27)26-20-11-9-19(25)10-12-20)15-22(29-2)24(21)30-16-17-6-4-3-5-7-17/h3-15H,16H2,1-2H3,(H,26,27)/b13-8+. The lowest BCUT2D eigenvalue weighted by Gasteiger charge is -2.15. The van der Waals surface area contributed by atoms with Crippen LogP contribution in [-0.4, -0.2) is 20.1 Å². The van der Waals surface area contributed by atoms with Gasteiger partial charge in [-0.25, -0.2) is 4.39 Å². The summed E-state index contributed by atoms with van der Waals surface area (Å²) in [5, 5.41) is 2.67. The molecule has 0 radical (unpaired) electrons. The molecule has 0 aliphatic rings. The van der Waals surface area contributed by atoms with Gasteiger partial charge in [0.25, 0.3) is 0 Å². The predicted octanol–water partition coefficient (Wildman–Crippen LogP) is 5.07. The first-order chi connectivity index (χ1) is 14.6. The number of nitrogens with one attached hydrogen (secondary N) is 1. The largest absolute Gasteiger partial charge is 0.493 e. The smallest absolute Gasteiger partial charge is 0.248 e. The third kappa shape index (κ3) is 5.61. The minimum absolute atomic E-state index is 0.344. The van der Waals surface area contributed by atoms with Crippen molar-refractivity contribution in [3.8, 4) is 17.2 Å². The number of benzene rings is 3. The van der Waals surface area contributed by atoms with Crippen LogP contribution in [0.5, 0.6) is 17.2 Å².